The Kier molecular flexibility index (Phi) is 5.37. The number of pyridine rings is 3. The molecule has 11 heteroatoms. The second-order valence-corrected chi connectivity index (χ2v) is 8.29. The molecule has 37 heavy (non-hydrogen) atoms. The van der Waals surface area contributed by atoms with Crippen LogP contribution < -0.4 is 5.32 Å². The minimum Gasteiger partial charge on any atom is -0.325 e. The van der Waals surface area contributed by atoms with E-state index in [4.69, 9.17) is 0 Å². The second-order valence-electron chi connectivity index (χ2n) is 8.29. The van der Waals surface area contributed by atoms with Gasteiger partial charge in [0.2, 0.25) is 5.91 Å². The van der Waals surface area contributed by atoms with Crippen molar-refractivity contribution >= 4 is 33.8 Å². The molecule has 0 atom stereocenters. The van der Waals surface area contributed by atoms with Crippen molar-refractivity contribution in [2.45, 2.75) is 13.3 Å². The van der Waals surface area contributed by atoms with E-state index in [1.807, 2.05) is 0 Å². The van der Waals surface area contributed by atoms with E-state index in [-0.39, 0.29) is 34.0 Å². The Morgan fingerprint density at radius 3 is 2.62 bits per heavy atom. The van der Waals surface area contributed by atoms with Crippen molar-refractivity contribution in [3.8, 4) is 33.8 Å². The standard InChI is InChI=1S/C26H18F2N8O/c1-2-19(37)32-16-9-14(10-29-11-16)18-12-31-24-20(21(18)28)23(35-36-24)26-33-22-17(7-8-30-25(22)34-26)13-3-5-15(27)6-4-13/h3-12H,2H2,1H3,(H,32,37)(H,30,33,34)(H,31,35,36). The Balaban J connectivity index is 1.46. The number of hydrogen-bond donors (Lipinski definition) is 3. The van der Waals surface area contributed by atoms with Crippen molar-refractivity contribution in [3.05, 3.63) is 72.8 Å². The van der Waals surface area contributed by atoms with Crippen LogP contribution in [0.15, 0.2) is 61.2 Å². The number of rotatable bonds is 5. The predicted molar refractivity (Wildman–Crippen MR) is 134 cm³/mol. The Bertz CT molecular complexity index is 1790. The molecule has 0 fully saturated rings. The smallest absolute Gasteiger partial charge is 0.224 e. The molecule has 0 radical (unpaired) electrons. The molecule has 1 aromatic carbocycles. The molecular formula is C26H18F2N8O. The van der Waals surface area contributed by atoms with Gasteiger partial charge in [0.05, 0.1) is 17.3 Å². The maximum atomic E-state index is 15.9. The molecule has 0 aliphatic rings. The lowest BCUT2D eigenvalue weighted by atomic mass is 10.1. The number of nitrogens with zero attached hydrogens (tertiary/aromatic N) is 5. The summed E-state index contributed by atoms with van der Waals surface area (Å²) in [5, 5.41) is 9.88. The zero-order valence-electron chi connectivity index (χ0n) is 19.4. The SMILES string of the molecule is CCC(=O)Nc1cncc(-c2cnc3[nH]nc(-c4nc5c(-c6ccc(F)cc6)ccnc5[nH]4)c3c2F)c1. The summed E-state index contributed by atoms with van der Waals surface area (Å²) in [6.07, 6.45) is 6.29. The Morgan fingerprint density at radius 1 is 0.973 bits per heavy atom. The van der Waals surface area contributed by atoms with Gasteiger partial charge in [-0.2, -0.15) is 5.10 Å². The van der Waals surface area contributed by atoms with Gasteiger partial charge in [0.15, 0.2) is 17.1 Å². The number of aromatic amines is 2. The van der Waals surface area contributed by atoms with Crippen molar-refractivity contribution in [3.63, 3.8) is 0 Å². The minimum atomic E-state index is -0.568. The molecule has 0 saturated carbocycles. The molecular weight excluding hydrogens is 478 g/mol. The Morgan fingerprint density at radius 2 is 1.81 bits per heavy atom. The van der Waals surface area contributed by atoms with Gasteiger partial charge >= 0.3 is 0 Å². The maximum Gasteiger partial charge on any atom is 0.224 e. The van der Waals surface area contributed by atoms with Gasteiger partial charge in [0.25, 0.3) is 0 Å². The topological polar surface area (TPSA) is 125 Å². The number of imidazole rings is 1. The summed E-state index contributed by atoms with van der Waals surface area (Å²) in [4.78, 5) is 32.3. The first-order valence-corrected chi connectivity index (χ1v) is 11.4. The van der Waals surface area contributed by atoms with Crippen LogP contribution in [0, 0.1) is 11.6 Å². The third-order valence-corrected chi connectivity index (χ3v) is 5.94. The number of anilines is 1. The van der Waals surface area contributed by atoms with E-state index in [1.54, 1.807) is 37.4 Å². The number of amides is 1. The molecule has 0 saturated heterocycles. The van der Waals surface area contributed by atoms with Gasteiger partial charge in [-0.3, -0.25) is 14.9 Å². The van der Waals surface area contributed by atoms with E-state index in [0.29, 0.717) is 34.7 Å². The number of nitrogens with one attached hydrogen (secondary N) is 3. The number of carbonyl (C=O) groups is 1. The first kappa shape index (κ1) is 22.4. The number of H-pyrrole nitrogens is 2. The quantitative estimate of drug-likeness (QED) is 0.299. The summed E-state index contributed by atoms with van der Waals surface area (Å²) in [5.74, 6) is -0.791. The normalized spacial score (nSPS) is 11.3. The molecule has 5 heterocycles. The van der Waals surface area contributed by atoms with E-state index < -0.39 is 5.82 Å². The average Bonchev–Trinajstić information content (AvgIpc) is 3.54. The number of fused-ring (bicyclic) bond motifs is 2. The fraction of sp³-hybridized carbons (Fsp3) is 0.0769. The lowest BCUT2D eigenvalue weighted by molar-refractivity contribution is -0.115. The molecule has 3 N–H and O–H groups in total. The Labute approximate surface area is 208 Å². The molecule has 0 unspecified atom stereocenters. The summed E-state index contributed by atoms with van der Waals surface area (Å²) >= 11 is 0. The van der Waals surface area contributed by atoms with E-state index in [2.05, 4.69) is 40.4 Å². The highest BCUT2D eigenvalue weighted by Gasteiger charge is 2.21. The summed E-state index contributed by atoms with van der Waals surface area (Å²) in [6, 6.07) is 9.46. The predicted octanol–water partition coefficient (Wildman–Crippen LogP) is 5.25. The molecule has 6 rings (SSSR count). The van der Waals surface area contributed by atoms with Crippen LogP contribution in [-0.4, -0.2) is 41.0 Å². The maximum absolute atomic E-state index is 15.9. The van der Waals surface area contributed by atoms with E-state index >= 15 is 4.39 Å². The highest BCUT2D eigenvalue weighted by molar-refractivity contribution is 5.97. The van der Waals surface area contributed by atoms with Gasteiger partial charge in [-0.15, -0.1) is 0 Å². The molecule has 182 valence electrons. The number of aromatic nitrogens is 7. The van der Waals surface area contributed by atoms with Crippen LogP contribution in [0.4, 0.5) is 14.5 Å². The first-order chi connectivity index (χ1) is 18.0. The van der Waals surface area contributed by atoms with Crippen LogP contribution >= 0.6 is 0 Å². The molecule has 6 aromatic rings. The minimum absolute atomic E-state index is 0.142. The van der Waals surface area contributed by atoms with Gasteiger partial charge in [0, 0.05) is 41.7 Å². The molecule has 0 aliphatic heterocycles. The number of hydrogen-bond acceptors (Lipinski definition) is 6. The van der Waals surface area contributed by atoms with Crippen LogP contribution in [0.2, 0.25) is 0 Å². The van der Waals surface area contributed by atoms with Gasteiger partial charge in [0.1, 0.15) is 22.8 Å². The summed E-state index contributed by atoms with van der Waals surface area (Å²) in [5.41, 5.74) is 4.07. The molecule has 1 amide bonds. The summed E-state index contributed by atoms with van der Waals surface area (Å²) in [7, 11) is 0. The number of halogens is 2. The highest BCUT2D eigenvalue weighted by atomic mass is 19.1. The van der Waals surface area contributed by atoms with Gasteiger partial charge < -0.3 is 10.3 Å². The zero-order chi connectivity index (χ0) is 25.5. The molecule has 0 spiro atoms. The number of benzene rings is 1. The monoisotopic (exact) mass is 496 g/mol. The lowest BCUT2D eigenvalue weighted by Gasteiger charge is -2.07. The fourth-order valence-corrected chi connectivity index (χ4v) is 4.12. The third-order valence-electron chi connectivity index (χ3n) is 5.94. The third kappa shape index (κ3) is 3.96. The Hall–Kier alpha value is -5.06. The van der Waals surface area contributed by atoms with Gasteiger partial charge in [-0.1, -0.05) is 19.1 Å². The van der Waals surface area contributed by atoms with Crippen molar-refractivity contribution in [1.82, 2.24) is 35.1 Å². The first-order valence-electron chi connectivity index (χ1n) is 11.4. The zero-order valence-corrected chi connectivity index (χ0v) is 19.4. The van der Waals surface area contributed by atoms with E-state index in [1.165, 1.54) is 30.7 Å². The summed E-state index contributed by atoms with van der Waals surface area (Å²) in [6.45, 7) is 1.74. The average molecular weight is 496 g/mol. The van der Waals surface area contributed by atoms with E-state index in [9.17, 15) is 9.18 Å². The largest absolute Gasteiger partial charge is 0.325 e. The van der Waals surface area contributed by atoms with Crippen molar-refractivity contribution in [2.24, 2.45) is 0 Å². The van der Waals surface area contributed by atoms with Gasteiger partial charge in [-0.05, 0) is 29.8 Å². The second kappa shape index (κ2) is 8.86. The van der Waals surface area contributed by atoms with Crippen LogP contribution in [0.5, 0.6) is 0 Å². The van der Waals surface area contributed by atoms with Crippen molar-refractivity contribution in [1.29, 1.82) is 0 Å². The lowest BCUT2D eigenvalue weighted by Crippen LogP contribution is -2.09. The van der Waals surface area contributed by atoms with Crippen LogP contribution in [0.25, 0.3) is 56.0 Å². The van der Waals surface area contributed by atoms with Crippen molar-refractivity contribution in [2.75, 3.05) is 5.32 Å². The van der Waals surface area contributed by atoms with Crippen LogP contribution in [-0.2, 0) is 4.79 Å². The fourth-order valence-electron chi connectivity index (χ4n) is 4.12. The molecule has 9 nitrogen and oxygen atoms in total. The van der Waals surface area contributed by atoms with Gasteiger partial charge in [-0.25, -0.2) is 23.7 Å². The van der Waals surface area contributed by atoms with E-state index in [0.717, 1.165) is 11.1 Å². The molecule has 0 bridgehead atoms. The molecule has 5 aromatic heterocycles. The number of carbonyl (C=O) groups excluding carboxylic acids is 1. The molecule has 0 aliphatic carbocycles. The van der Waals surface area contributed by atoms with Crippen LogP contribution in [0.3, 0.4) is 0 Å². The highest BCUT2D eigenvalue weighted by Crippen LogP contribution is 2.34. The summed E-state index contributed by atoms with van der Waals surface area (Å²) < 4.78 is 29.4. The van der Waals surface area contributed by atoms with Crippen molar-refractivity contribution < 1.29 is 13.6 Å². The van der Waals surface area contributed by atoms with Crippen LogP contribution in [0.1, 0.15) is 13.3 Å².